The van der Waals surface area contributed by atoms with Crippen LogP contribution >= 0.6 is 11.5 Å². The predicted molar refractivity (Wildman–Crippen MR) is 145 cm³/mol. The number of phenols is 1. The smallest absolute Gasteiger partial charge is 0.259 e. The Morgan fingerprint density at radius 1 is 0.919 bits per heavy atom. The molecule has 0 radical (unpaired) electrons. The number of hydrogen-bond acceptors (Lipinski definition) is 8. The van der Waals surface area contributed by atoms with Crippen molar-refractivity contribution >= 4 is 67.1 Å². The fourth-order valence-electron chi connectivity index (χ4n) is 3.84. The molecule has 1 heterocycles. The number of aromatic hydroxyl groups is 1. The summed E-state index contributed by atoms with van der Waals surface area (Å²) >= 11 is 1.14. The van der Waals surface area contributed by atoms with Crippen LogP contribution in [0.25, 0.3) is 21.7 Å². The van der Waals surface area contributed by atoms with Crippen LogP contribution in [0.3, 0.4) is 0 Å². The van der Waals surface area contributed by atoms with E-state index >= 15 is 0 Å². The van der Waals surface area contributed by atoms with E-state index in [-0.39, 0.29) is 22.9 Å². The van der Waals surface area contributed by atoms with Crippen molar-refractivity contribution in [1.29, 1.82) is 0 Å². The van der Waals surface area contributed by atoms with Gasteiger partial charge in [0.2, 0.25) is 5.91 Å². The first kappa shape index (κ1) is 23.9. The first-order valence-corrected chi connectivity index (χ1v) is 12.0. The number of carbonyl (C=O) groups excluding carboxylic acids is 2. The second-order valence-electron chi connectivity index (χ2n) is 8.13. The number of nitrogens with zero attached hydrogens (tertiary/aromatic N) is 3. The van der Waals surface area contributed by atoms with E-state index in [2.05, 4.69) is 25.2 Å². The maximum Gasteiger partial charge on any atom is 0.259 e. The number of benzene rings is 4. The molecule has 0 unspecified atom stereocenters. The number of azo groups is 1. The van der Waals surface area contributed by atoms with E-state index in [1.54, 1.807) is 61.7 Å². The maximum atomic E-state index is 13.1. The largest absolute Gasteiger partial charge is 0.505 e. The summed E-state index contributed by atoms with van der Waals surface area (Å²) in [7, 11) is 1.56. The Kier molecular flexibility index (Phi) is 6.48. The molecule has 2 amide bonds. The second-order valence-corrected chi connectivity index (χ2v) is 8.88. The van der Waals surface area contributed by atoms with E-state index in [9.17, 15) is 14.7 Å². The van der Waals surface area contributed by atoms with Crippen LogP contribution in [0.1, 0.15) is 17.3 Å². The third-order valence-electron chi connectivity index (χ3n) is 5.61. The summed E-state index contributed by atoms with van der Waals surface area (Å²) in [6.07, 6.45) is 0. The number of aromatic nitrogens is 1. The van der Waals surface area contributed by atoms with Gasteiger partial charge in [0.05, 0.1) is 18.2 Å². The van der Waals surface area contributed by atoms with Crippen LogP contribution in [0.2, 0.25) is 0 Å². The van der Waals surface area contributed by atoms with Crippen LogP contribution in [-0.2, 0) is 4.79 Å². The Morgan fingerprint density at radius 2 is 1.68 bits per heavy atom. The summed E-state index contributed by atoms with van der Waals surface area (Å²) in [5.41, 5.74) is 2.09. The van der Waals surface area contributed by atoms with Gasteiger partial charge in [0.25, 0.3) is 5.91 Å². The van der Waals surface area contributed by atoms with Gasteiger partial charge < -0.3 is 20.5 Å². The van der Waals surface area contributed by atoms with E-state index < -0.39 is 5.91 Å². The zero-order valence-corrected chi connectivity index (χ0v) is 20.7. The zero-order valence-electron chi connectivity index (χ0n) is 19.9. The molecule has 4 aromatic carbocycles. The van der Waals surface area contributed by atoms with E-state index in [1.807, 2.05) is 18.2 Å². The van der Waals surface area contributed by atoms with E-state index in [1.165, 1.54) is 6.92 Å². The minimum absolute atomic E-state index is 0.0607. The van der Waals surface area contributed by atoms with Gasteiger partial charge in [0.15, 0.2) is 10.8 Å². The summed E-state index contributed by atoms with van der Waals surface area (Å²) in [4.78, 5) is 24.5. The molecule has 5 rings (SSSR count). The third-order valence-corrected chi connectivity index (χ3v) is 6.37. The van der Waals surface area contributed by atoms with Crippen molar-refractivity contribution in [2.45, 2.75) is 6.92 Å². The number of nitrogens with one attached hydrogen (secondary N) is 2. The average Bonchev–Trinajstić information content (AvgIpc) is 3.30. The molecule has 0 atom stereocenters. The molecule has 9 nitrogen and oxygen atoms in total. The van der Waals surface area contributed by atoms with Gasteiger partial charge in [-0.2, -0.15) is 4.37 Å². The van der Waals surface area contributed by atoms with Crippen molar-refractivity contribution in [2.24, 2.45) is 10.2 Å². The molecule has 5 aromatic rings. The molecule has 0 fully saturated rings. The van der Waals surface area contributed by atoms with Crippen LogP contribution in [0.15, 0.2) is 83.0 Å². The molecular formula is C27H21N5O4S. The molecule has 0 aliphatic heterocycles. The van der Waals surface area contributed by atoms with Gasteiger partial charge in [0.1, 0.15) is 11.4 Å². The number of phenolic OH excluding ortho intramolecular Hbond substituents is 1. The SMILES string of the molecule is COc1ccc(NC(=O)c2cc3ccccc3c(/N=N/c3snc4ccc(NC(C)=O)cc34)c2O)cc1. The van der Waals surface area contributed by atoms with Gasteiger partial charge in [-0.3, -0.25) is 9.59 Å². The van der Waals surface area contributed by atoms with Gasteiger partial charge in [-0.05, 0) is 65.4 Å². The highest BCUT2D eigenvalue weighted by molar-refractivity contribution is 7.11. The molecule has 0 saturated carbocycles. The van der Waals surface area contributed by atoms with Gasteiger partial charge in [-0.1, -0.05) is 24.3 Å². The Bertz CT molecular complexity index is 1680. The number of hydrogen-bond donors (Lipinski definition) is 3. The first-order chi connectivity index (χ1) is 17.9. The van der Waals surface area contributed by atoms with Gasteiger partial charge in [-0.15, -0.1) is 10.2 Å². The lowest BCUT2D eigenvalue weighted by molar-refractivity contribution is -0.114. The van der Waals surface area contributed by atoms with Crippen molar-refractivity contribution in [3.05, 3.63) is 78.4 Å². The van der Waals surface area contributed by atoms with Crippen molar-refractivity contribution in [1.82, 2.24) is 4.37 Å². The molecule has 0 bridgehead atoms. The monoisotopic (exact) mass is 511 g/mol. The number of fused-ring (bicyclic) bond motifs is 2. The van der Waals surface area contributed by atoms with Crippen LogP contribution in [0.4, 0.5) is 22.1 Å². The van der Waals surface area contributed by atoms with Crippen LogP contribution in [0.5, 0.6) is 11.5 Å². The van der Waals surface area contributed by atoms with E-state index in [0.717, 1.165) is 16.9 Å². The van der Waals surface area contributed by atoms with E-state index in [4.69, 9.17) is 4.74 Å². The quantitative estimate of drug-likeness (QED) is 0.216. The second kappa shape index (κ2) is 10.0. The summed E-state index contributed by atoms with van der Waals surface area (Å²) in [5, 5.41) is 27.9. The lowest BCUT2D eigenvalue weighted by Crippen LogP contribution is -2.12. The van der Waals surface area contributed by atoms with Gasteiger partial charge in [-0.25, -0.2) is 0 Å². The van der Waals surface area contributed by atoms with Crippen LogP contribution in [-0.4, -0.2) is 28.4 Å². The molecule has 0 aliphatic carbocycles. The number of methoxy groups -OCH3 is 1. The fraction of sp³-hybridized carbons (Fsp3) is 0.0741. The van der Waals surface area contributed by atoms with Crippen molar-refractivity contribution in [3.8, 4) is 11.5 Å². The number of amides is 2. The molecular weight excluding hydrogens is 490 g/mol. The highest BCUT2D eigenvalue weighted by atomic mass is 32.1. The number of rotatable bonds is 6. The number of ether oxygens (including phenoxy) is 1. The molecule has 37 heavy (non-hydrogen) atoms. The molecule has 184 valence electrons. The van der Waals surface area contributed by atoms with Crippen LogP contribution < -0.4 is 15.4 Å². The Morgan fingerprint density at radius 3 is 2.43 bits per heavy atom. The summed E-state index contributed by atoms with van der Waals surface area (Å²) in [6.45, 7) is 1.43. The Balaban J connectivity index is 1.53. The highest BCUT2D eigenvalue weighted by Crippen LogP contribution is 2.41. The summed E-state index contributed by atoms with van der Waals surface area (Å²) in [5.74, 6) is -0.310. The molecule has 10 heteroatoms. The van der Waals surface area contributed by atoms with Gasteiger partial charge in [0, 0.05) is 29.1 Å². The summed E-state index contributed by atoms with van der Waals surface area (Å²) < 4.78 is 9.53. The predicted octanol–water partition coefficient (Wildman–Crippen LogP) is 6.79. The van der Waals surface area contributed by atoms with Crippen LogP contribution in [0, 0.1) is 0 Å². The molecule has 0 spiro atoms. The first-order valence-electron chi connectivity index (χ1n) is 11.2. The third kappa shape index (κ3) is 4.95. The molecule has 3 N–H and O–H groups in total. The maximum absolute atomic E-state index is 13.1. The standard InChI is InChI=1S/C27H21N5O4S/c1-15(33)28-18-9-12-23-21(14-18)27(37-32-23)31-30-24-20-6-4-3-5-16(20)13-22(25(24)34)26(35)29-17-7-10-19(36-2)11-8-17/h3-14,34H,1-2H3,(H,28,33)(H,29,35)/b31-30+. The average molecular weight is 512 g/mol. The molecule has 0 saturated heterocycles. The summed E-state index contributed by atoms with van der Waals surface area (Å²) in [6, 6.07) is 21.1. The minimum Gasteiger partial charge on any atom is -0.505 e. The highest BCUT2D eigenvalue weighted by Gasteiger charge is 2.19. The molecule has 0 aliphatic rings. The van der Waals surface area contributed by atoms with Crippen molar-refractivity contribution in [3.63, 3.8) is 0 Å². The lowest BCUT2D eigenvalue weighted by Gasteiger charge is -2.11. The minimum atomic E-state index is -0.493. The Labute approximate surface area is 215 Å². The fourth-order valence-corrected chi connectivity index (χ4v) is 4.52. The normalized spacial score (nSPS) is 11.2. The topological polar surface area (TPSA) is 125 Å². The number of carbonyl (C=O) groups is 2. The van der Waals surface area contributed by atoms with Gasteiger partial charge >= 0.3 is 0 Å². The lowest BCUT2D eigenvalue weighted by atomic mass is 10.0. The van der Waals surface area contributed by atoms with Crippen molar-refractivity contribution in [2.75, 3.05) is 17.7 Å². The van der Waals surface area contributed by atoms with Crippen molar-refractivity contribution < 1.29 is 19.4 Å². The zero-order chi connectivity index (χ0) is 25.9. The van der Waals surface area contributed by atoms with E-state index in [0.29, 0.717) is 38.4 Å². The Hall–Kier alpha value is -4.83. The molecule has 1 aromatic heterocycles. The number of anilines is 2.